The zero-order valence-corrected chi connectivity index (χ0v) is 21.5. The van der Waals surface area contributed by atoms with Gasteiger partial charge in [0.15, 0.2) is 0 Å². The van der Waals surface area contributed by atoms with E-state index in [1.807, 2.05) is 19.9 Å². The van der Waals surface area contributed by atoms with E-state index < -0.39 is 9.84 Å². The van der Waals surface area contributed by atoms with Crippen molar-refractivity contribution in [2.75, 3.05) is 24.2 Å². The van der Waals surface area contributed by atoms with E-state index in [0.29, 0.717) is 12.2 Å². The largest absolute Gasteiger partial charge is 0.375 e. The number of nitrogens with one attached hydrogen (secondary N) is 2. The van der Waals surface area contributed by atoms with Crippen molar-refractivity contribution in [3.63, 3.8) is 0 Å². The van der Waals surface area contributed by atoms with Crippen molar-refractivity contribution in [1.82, 2.24) is 5.32 Å². The number of rotatable bonds is 11. The molecule has 5 nitrogen and oxygen atoms in total. The number of carbonyl (C=O) groups excluding carboxylic acids is 1. The summed E-state index contributed by atoms with van der Waals surface area (Å²) in [6.45, 7) is 6.67. The van der Waals surface area contributed by atoms with Crippen molar-refractivity contribution in [1.29, 1.82) is 0 Å². The molecule has 7 heteroatoms. The van der Waals surface area contributed by atoms with Crippen LogP contribution in [-0.4, -0.2) is 33.2 Å². The topological polar surface area (TPSA) is 75.3 Å². The van der Waals surface area contributed by atoms with Gasteiger partial charge in [0.25, 0.3) is 0 Å². The Labute approximate surface area is 207 Å². The highest BCUT2D eigenvalue weighted by Gasteiger charge is 2.22. The number of aryl methyl sites for hydroxylation is 1. The highest BCUT2D eigenvalue weighted by atomic mass is 32.2. The van der Waals surface area contributed by atoms with E-state index in [0.717, 1.165) is 17.1 Å². The molecule has 0 unspecified atom stereocenters. The van der Waals surface area contributed by atoms with Gasteiger partial charge in [-0.05, 0) is 48.2 Å². The van der Waals surface area contributed by atoms with Crippen LogP contribution < -0.4 is 10.6 Å². The fourth-order valence-electron chi connectivity index (χ4n) is 3.49. The number of sulfone groups is 1. The van der Waals surface area contributed by atoms with Crippen LogP contribution in [0.5, 0.6) is 0 Å². The molecule has 34 heavy (non-hydrogen) atoms. The van der Waals surface area contributed by atoms with E-state index in [-0.39, 0.29) is 28.2 Å². The van der Waals surface area contributed by atoms with Gasteiger partial charge in [0.1, 0.15) is 0 Å². The van der Waals surface area contributed by atoms with E-state index >= 15 is 0 Å². The lowest BCUT2D eigenvalue weighted by Gasteiger charge is -2.16. The maximum atomic E-state index is 13.3. The third kappa shape index (κ3) is 7.11. The van der Waals surface area contributed by atoms with Crippen LogP contribution in [0, 0.1) is 6.92 Å². The maximum absolute atomic E-state index is 13.3. The average molecular weight is 497 g/mol. The van der Waals surface area contributed by atoms with Crippen molar-refractivity contribution >= 4 is 33.2 Å². The number of hydrogen-bond donors (Lipinski definition) is 2. The summed E-state index contributed by atoms with van der Waals surface area (Å²) in [4.78, 5) is 12.8. The number of thioether (sulfide) groups is 1. The van der Waals surface area contributed by atoms with Crippen LogP contribution >= 0.6 is 11.8 Å². The summed E-state index contributed by atoms with van der Waals surface area (Å²) in [7, 11) is -3.72. The van der Waals surface area contributed by atoms with Crippen molar-refractivity contribution in [3.8, 4) is 0 Å². The molecule has 0 saturated heterocycles. The standard InChI is InChI=1S/C27H32N2O3S2/c1-20(2)23-12-13-25(26(17-23)34(31,32)24-10-5-4-6-11-24)29-18-27(30)28-14-15-33-19-22-9-7-8-21(3)16-22/h4-13,16-17,20,29H,14-15,18-19H2,1-3H3,(H,28,30). The number of carbonyl (C=O) groups is 1. The Morgan fingerprint density at radius 3 is 2.44 bits per heavy atom. The number of hydrogen-bond acceptors (Lipinski definition) is 5. The van der Waals surface area contributed by atoms with E-state index in [2.05, 4.69) is 41.8 Å². The van der Waals surface area contributed by atoms with E-state index in [1.54, 1.807) is 54.2 Å². The molecule has 0 aromatic heterocycles. The van der Waals surface area contributed by atoms with Gasteiger partial charge in [-0.15, -0.1) is 0 Å². The Kier molecular flexibility index (Phi) is 9.19. The quantitative estimate of drug-likeness (QED) is 0.347. The summed E-state index contributed by atoms with van der Waals surface area (Å²) in [6.07, 6.45) is 0. The van der Waals surface area contributed by atoms with Gasteiger partial charge in [-0.2, -0.15) is 11.8 Å². The van der Waals surface area contributed by atoms with Gasteiger partial charge < -0.3 is 10.6 Å². The van der Waals surface area contributed by atoms with Crippen LogP contribution in [-0.2, 0) is 20.4 Å². The van der Waals surface area contributed by atoms with Gasteiger partial charge in [-0.25, -0.2) is 8.42 Å². The number of anilines is 1. The number of benzene rings is 3. The summed E-state index contributed by atoms with van der Waals surface area (Å²) >= 11 is 1.76. The molecule has 3 aromatic rings. The lowest BCUT2D eigenvalue weighted by atomic mass is 10.0. The highest BCUT2D eigenvalue weighted by molar-refractivity contribution is 7.98. The fraction of sp³-hybridized carbons (Fsp3) is 0.296. The molecule has 3 aromatic carbocycles. The van der Waals surface area contributed by atoms with Crippen molar-refractivity contribution in [2.45, 2.75) is 42.2 Å². The van der Waals surface area contributed by atoms with Crippen molar-refractivity contribution < 1.29 is 13.2 Å². The van der Waals surface area contributed by atoms with Crippen molar-refractivity contribution in [3.05, 3.63) is 89.5 Å². The SMILES string of the molecule is Cc1cccc(CSCCNC(=O)CNc2ccc(C(C)C)cc2S(=O)(=O)c2ccccc2)c1. The fourth-order valence-corrected chi connectivity index (χ4v) is 5.78. The monoisotopic (exact) mass is 496 g/mol. The summed E-state index contributed by atoms with van der Waals surface area (Å²) in [6, 6.07) is 22.1. The summed E-state index contributed by atoms with van der Waals surface area (Å²) in [5, 5.41) is 5.93. The second kappa shape index (κ2) is 12.1. The second-order valence-corrected chi connectivity index (χ2v) is 11.5. The zero-order chi connectivity index (χ0) is 24.6. The van der Waals surface area contributed by atoms with Gasteiger partial charge in [-0.1, -0.05) is 67.9 Å². The van der Waals surface area contributed by atoms with Gasteiger partial charge in [0.05, 0.1) is 22.0 Å². The molecule has 1 amide bonds. The molecule has 180 valence electrons. The minimum Gasteiger partial charge on any atom is -0.375 e. The van der Waals surface area contributed by atoms with E-state index in [4.69, 9.17) is 0 Å². The highest BCUT2D eigenvalue weighted by Crippen LogP contribution is 2.30. The predicted octanol–water partition coefficient (Wildman–Crippen LogP) is 5.41. The maximum Gasteiger partial charge on any atom is 0.239 e. The van der Waals surface area contributed by atoms with Crippen LogP contribution in [0.3, 0.4) is 0 Å². The van der Waals surface area contributed by atoms with Crippen LogP contribution in [0.25, 0.3) is 0 Å². The molecule has 3 rings (SSSR count). The van der Waals surface area contributed by atoms with Gasteiger partial charge in [-0.3, -0.25) is 4.79 Å². The molecule has 0 atom stereocenters. The molecular formula is C27H32N2O3S2. The Bertz CT molecular complexity index is 1210. The predicted molar refractivity (Wildman–Crippen MR) is 141 cm³/mol. The van der Waals surface area contributed by atoms with Gasteiger partial charge in [0, 0.05) is 18.1 Å². The Morgan fingerprint density at radius 2 is 1.74 bits per heavy atom. The van der Waals surface area contributed by atoms with Crippen LogP contribution in [0.15, 0.2) is 82.6 Å². The van der Waals surface area contributed by atoms with Gasteiger partial charge >= 0.3 is 0 Å². The first-order valence-electron chi connectivity index (χ1n) is 11.4. The molecule has 0 radical (unpaired) electrons. The molecular weight excluding hydrogens is 464 g/mol. The molecule has 0 bridgehead atoms. The molecule has 2 N–H and O–H groups in total. The molecule has 0 fully saturated rings. The van der Waals surface area contributed by atoms with Crippen molar-refractivity contribution in [2.24, 2.45) is 0 Å². The summed E-state index contributed by atoms with van der Waals surface area (Å²) < 4.78 is 26.6. The van der Waals surface area contributed by atoms with E-state index in [9.17, 15) is 13.2 Å². The minimum absolute atomic E-state index is 0.000875. The lowest BCUT2D eigenvalue weighted by molar-refractivity contribution is -0.119. The summed E-state index contributed by atoms with van der Waals surface area (Å²) in [5.74, 6) is 1.71. The second-order valence-electron chi connectivity index (χ2n) is 8.47. The molecule has 0 spiro atoms. The third-order valence-corrected chi connectivity index (χ3v) is 8.21. The lowest BCUT2D eigenvalue weighted by Crippen LogP contribution is -2.31. The molecule has 0 aliphatic heterocycles. The Balaban J connectivity index is 1.59. The summed E-state index contributed by atoms with van der Waals surface area (Å²) in [5.41, 5.74) is 3.87. The normalized spacial score (nSPS) is 11.4. The smallest absolute Gasteiger partial charge is 0.239 e. The average Bonchev–Trinajstić information content (AvgIpc) is 2.83. The molecule has 0 aliphatic rings. The van der Waals surface area contributed by atoms with Gasteiger partial charge in [0.2, 0.25) is 15.7 Å². The number of amides is 1. The van der Waals surface area contributed by atoms with Crippen LogP contribution in [0.2, 0.25) is 0 Å². The Morgan fingerprint density at radius 1 is 0.971 bits per heavy atom. The minimum atomic E-state index is -3.72. The zero-order valence-electron chi connectivity index (χ0n) is 19.9. The molecule has 0 saturated carbocycles. The van der Waals surface area contributed by atoms with Crippen LogP contribution in [0.1, 0.15) is 36.5 Å². The first kappa shape index (κ1) is 25.8. The molecule has 0 heterocycles. The van der Waals surface area contributed by atoms with Crippen LogP contribution in [0.4, 0.5) is 5.69 Å². The third-order valence-electron chi connectivity index (χ3n) is 5.37. The van der Waals surface area contributed by atoms with E-state index in [1.165, 1.54) is 11.1 Å². The first-order chi connectivity index (χ1) is 16.3. The Hall–Kier alpha value is -2.77. The first-order valence-corrected chi connectivity index (χ1v) is 14.0. The molecule has 0 aliphatic carbocycles.